The van der Waals surface area contributed by atoms with Gasteiger partial charge >= 0.3 is 6.18 Å². The van der Waals surface area contributed by atoms with Crippen molar-refractivity contribution in [1.29, 1.82) is 0 Å². The highest BCUT2D eigenvalue weighted by atomic mass is 35.5. The molecule has 3 aromatic rings. The lowest BCUT2D eigenvalue weighted by Crippen LogP contribution is -2.19. The zero-order chi connectivity index (χ0) is 22.7. The summed E-state index contributed by atoms with van der Waals surface area (Å²) in [6.45, 7) is 0.353. The van der Waals surface area contributed by atoms with Gasteiger partial charge in [-0.15, -0.1) is 0 Å². The Morgan fingerprint density at radius 1 is 1.12 bits per heavy atom. The molecule has 0 spiro atoms. The molecule has 162 valence electrons. The Labute approximate surface area is 190 Å². The van der Waals surface area contributed by atoms with Crippen molar-refractivity contribution in [2.75, 3.05) is 0 Å². The van der Waals surface area contributed by atoms with Crippen molar-refractivity contribution in [3.8, 4) is 11.3 Å². The topological polar surface area (TPSA) is 67.2 Å². The third-order valence-electron chi connectivity index (χ3n) is 4.41. The molecule has 32 heavy (non-hydrogen) atoms. The standard InChI is InChI=1S/C22H14ClF3N4OS/c23-17-10-15(22(24,25)26)11-28-19(17)14-6-4-13(5-7-14)9-18-20(31)30-21(32-18)29-12-16-3-1-2-8-27-16/h1-11H,12H2,(H,29,30,31). The molecular formula is C22H14ClF3N4OS. The molecule has 5 nitrogen and oxygen atoms in total. The minimum absolute atomic E-state index is 0.0922. The second kappa shape index (κ2) is 9.13. The van der Waals surface area contributed by atoms with Crippen molar-refractivity contribution >= 4 is 40.5 Å². The highest BCUT2D eigenvalue weighted by Gasteiger charge is 2.31. The number of aromatic nitrogens is 2. The lowest BCUT2D eigenvalue weighted by Gasteiger charge is -2.09. The van der Waals surface area contributed by atoms with Crippen LogP contribution in [0.5, 0.6) is 0 Å². The molecule has 1 aromatic carbocycles. The largest absolute Gasteiger partial charge is 0.417 e. The number of aliphatic imine (C=N–C) groups is 1. The van der Waals surface area contributed by atoms with Crippen LogP contribution in [0.15, 0.2) is 70.8 Å². The number of hydrogen-bond donors (Lipinski definition) is 1. The van der Waals surface area contributed by atoms with Crippen LogP contribution >= 0.6 is 23.4 Å². The number of thioether (sulfide) groups is 1. The number of pyridine rings is 2. The number of nitrogens with zero attached hydrogens (tertiary/aromatic N) is 3. The smallest absolute Gasteiger partial charge is 0.301 e. The van der Waals surface area contributed by atoms with E-state index in [4.69, 9.17) is 11.6 Å². The van der Waals surface area contributed by atoms with Gasteiger partial charge in [0.1, 0.15) is 0 Å². The molecule has 0 unspecified atom stereocenters. The van der Waals surface area contributed by atoms with E-state index >= 15 is 0 Å². The van der Waals surface area contributed by atoms with Gasteiger partial charge in [-0.05, 0) is 41.6 Å². The Morgan fingerprint density at radius 2 is 1.91 bits per heavy atom. The highest BCUT2D eigenvalue weighted by molar-refractivity contribution is 8.18. The molecule has 0 aliphatic carbocycles. The number of alkyl halides is 3. The molecule has 2 aromatic heterocycles. The van der Waals surface area contributed by atoms with Crippen molar-refractivity contribution in [3.05, 3.63) is 87.7 Å². The maximum Gasteiger partial charge on any atom is 0.417 e. The molecule has 0 bridgehead atoms. The number of carbonyl (C=O) groups excluding carboxylic acids is 1. The number of hydrogen-bond acceptors (Lipinski definition) is 5. The summed E-state index contributed by atoms with van der Waals surface area (Å²) in [5.74, 6) is -0.258. The molecule has 0 radical (unpaired) electrons. The van der Waals surface area contributed by atoms with Crippen LogP contribution in [-0.4, -0.2) is 21.0 Å². The summed E-state index contributed by atoms with van der Waals surface area (Å²) >= 11 is 7.23. The molecule has 0 saturated carbocycles. The number of halogens is 4. The van der Waals surface area contributed by atoms with Crippen LogP contribution in [0.1, 0.15) is 16.8 Å². The lowest BCUT2D eigenvalue weighted by molar-refractivity contribution is -0.137. The Kier molecular flexibility index (Phi) is 6.29. The number of nitrogens with one attached hydrogen (secondary N) is 1. The molecule has 1 N–H and O–H groups in total. The van der Waals surface area contributed by atoms with Gasteiger partial charge in [-0.1, -0.05) is 41.9 Å². The Hall–Kier alpha value is -3.17. The van der Waals surface area contributed by atoms with E-state index in [9.17, 15) is 18.0 Å². The third kappa shape index (κ3) is 5.17. The molecular weight excluding hydrogens is 461 g/mol. The van der Waals surface area contributed by atoms with Gasteiger partial charge in [-0.3, -0.25) is 19.8 Å². The quantitative estimate of drug-likeness (QED) is 0.501. The normalized spacial score (nSPS) is 16.6. The fourth-order valence-electron chi connectivity index (χ4n) is 2.84. The number of carbonyl (C=O) groups is 1. The number of amides is 1. The van der Waals surface area contributed by atoms with Crippen molar-refractivity contribution in [3.63, 3.8) is 0 Å². The van der Waals surface area contributed by atoms with Gasteiger partial charge in [0.15, 0.2) is 5.17 Å². The summed E-state index contributed by atoms with van der Waals surface area (Å²) in [7, 11) is 0. The van der Waals surface area contributed by atoms with E-state index in [2.05, 4.69) is 20.3 Å². The summed E-state index contributed by atoms with van der Waals surface area (Å²) in [6.07, 6.45) is -0.375. The SMILES string of the molecule is O=C1NC(=NCc2ccccn2)SC1=Cc1ccc(-c2ncc(C(F)(F)F)cc2Cl)cc1. The van der Waals surface area contributed by atoms with Crippen LogP contribution < -0.4 is 5.32 Å². The Bertz CT molecular complexity index is 1210. The first-order valence-electron chi connectivity index (χ1n) is 9.28. The van der Waals surface area contributed by atoms with E-state index in [0.717, 1.165) is 23.5 Å². The van der Waals surface area contributed by atoms with E-state index in [1.54, 1.807) is 36.5 Å². The molecule has 10 heteroatoms. The number of rotatable bonds is 4. The van der Waals surface area contributed by atoms with E-state index in [1.165, 1.54) is 11.8 Å². The average molecular weight is 475 g/mol. The van der Waals surface area contributed by atoms with Crippen LogP contribution in [0.3, 0.4) is 0 Å². The first-order valence-corrected chi connectivity index (χ1v) is 10.5. The van der Waals surface area contributed by atoms with Crippen LogP contribution in [0.2, 0.25) is 5.02 Å². The fourth-order valence-corrected chi connectivity index (χ4v) is 3.94. The summed E-state index contributed by atoms with van der Waals surface area (Å²) in [4.78, 5) is 25.1. The maximum atomic E-state index is 12.8. The van der Waals surface area contributed by atoms with E-state index in [0.29, 0.717) is 22.2 Å². The molecule has 1 amide bonds. The van der Waals surface area contributed by atoms with E-state index in [-0.39, 0.29) is 16.6 Å². The monoisotopic (exact) mass is 474 g/mol. The van der Waals surface area contributed by atoms with E-state index in [1.807, 2.05) is 18.2 Å². The Morgan fingerprint density at radius 3 is 2.56 bits per heavy atom. The average Bonchev–Trinajstić information content (AvgIpc) is 3.12. The zero-order valence-electron chi connectivity index (χ0n) is 16.2. The van der Waals surface area contributed by atoms with Gasteiger partial charge in [0.05, 0.1) is 33.4 Å². The van der Waals surface area contributed by atoms with Gasteiger partial charge in [0.25, 0.3) is 5.91 Å². The minimum Gasteiger partial charge on any atom is -0.301 e. The van der Waals surface area contributed by atoms with Crippen LogP contribution in [0, 0.1) is 0 Å². The second-order valence-corrected chi connectivity index (χ2v) is 8.12. The van der Waals surface area contributed by atoms with Gasteiger partial charge in [0, 0.05) is 18.0 Å². The summed E-state index contributed by atoms with van der Waals surface area (Å²) in [6, 6.07) is 13.2. The number of benzene rings is 1. The molecule has 0 atom stereocenters. The molecule has 1 aliphatic heterocycles. The van der Waals surface area contributed by atoms with Gasteiger partial charge < -0.3 is 5.32 Å². The number of amidine groups is 1. The molecule has 3 heterocycles. The first kappa shape index (κ1) is 22.0. The minimum atomic E-state index is -4.51. The molecule has 1 saturated heterocycles. The molecule has 1 fully saturated rings. The Balaban J connectivity index is 1.48. The summed E-state index contributed by atoms with van der Waals surface area (Å²) in [5.41, 5.74) is 1.43. The first-order chi connectivity index (χ1) is 15.3. The van der Waals surface area contributed by atoms with Crippen LogP contribution in [0.25, 0.3) is 17.3 Å². The molecule has 1 aliphatic rings. The van der Waals surface area contributed by atoms with Gasteiger partial charge in [0.2, 0.25) is 0 Å². The lowest BCUT2D eigenvalue weighted by atomic mass is 10.1. The zero-order valence-corrected chi connectivity index (χ0v) is 17.8. The van der Waals surface area contributed by atoms with Crippen molar-refractivity contribution in [2.24, 2.45) is 4.99 Å². The van der Waals surface area contributed by atoms with Crippen molar-refractivity contribution in [1.82, 2.24) is 15.3 Å². The van der Waals surface area contributed by atoms with Gasteiger partial charge in [-0.25, -0.2) is 0 Å². The van der Waals surface area contributed by atoms with Gasteiger partial charge in [-0.2, -0.15) is 13.2 Å². The second-order valence-electron chi connectivity index (χ2n) is 6.68. The van der Waals surface area contributed by atoms with Crippen LogP contribution in [-0.2, 0) is 17.5 Å². The molecule has 4 rings (SSSR count). The maximum absolute atomic E-state index is 12.8. The van der Waals surface area contributed by atoms with Crippen molar-refractivity contribution in [2.45, 2.75) is 12.7 Å². The summed E-state index contributed by atoms with van der Waals surface area (Å²) < 4.78 is 38.4. The fraction of sp³-hybridized carbons (Fsp3) is 0.0909. The summed E-state index contributed by atoms with van der Waals surface area (Å²) in [5, 5.41) is 3.11. The predicted octanol–water partition coefficient (Wildman–Crippen LogP) is 5.58. The predicted molar refractivity (Wildman–Crippen MR) is 119 cm³/mol. The highest BCUT2D eigenvalue weighted by Crippen LogP contribution is 2.34. The third-order valence-corrected chi connectivity index (χ3v) is 5.65. The van der Waals surface area contributed by atoms with E-state index < -0.39 is 11.7 Å². The van der Waals surface area contributed by atoms with Crippen LogP contribution in [0.4, 0.5) is 13.2 Å². The van der Waals surface area contributed by atoms with Crippen molar-refractivity contribution < 1.29 is 18.0 Å².